The van der Waals surface area contributed by atoms with Crippen molar-refractivity contribution in [3.05, 3.63) is 35.4 Å². The average Bonchev–Trinajstić information content (AvgIpc) is 3.15. The fraction of sp³-hybridized carbons (Fsp3) is 0.652. The molecule has 2 unspecified atom stereocenters. The van der Waals surface area contributed by atoms with Crippen molar-refractivity contribution in [3.8, 4) is 6.07 Å². The van der Waals surface area contributed by atoms with Gasteiger partial charge in [0.2, 0.25) is 0 Å². The Balaban J connectivity index is 1.52. The second kappa shape index (κ2) is 6.41. The van der Waals surface area contributed by atoms with Gasteiger partial charge in [-0.25, -0.2) is 0 Å². The number of hydrogen-bond donors (Lipinski definition) is 0. The molecule has 1 spiro atoms. The first-order chi connectivity index (χ1) is 12.8. The van der Waals surface area contributed by atoms with Crippen molar-refractivity contribution >= 4 is 5.84 Å². The van der Waals surface area contributed by atoms with Gasteiger partial charge in [0.15, 0.2) is 0 Å². The van der Waals surface area contributed by atoms with E-state index >= 15 is 0 Å². The maximum Gasteiger partial charge on any atom is 0.0997 e. The van der Waals surface area contributed by atoms with Gasteiger partial charge in [-0.05, 0) is 80.9 Å². The van der Waals surface area contributed by atoms with E-state index in [1.165, 1.54) is 82.3 Å². The van der Waals surface area contributed by atoms with E-state index in [9.17, 15) is 0 Å². The number of piperidine rings is 1. The Morgan fingerprint density at radius 1 is 1.00 bits per heavy atom. The molecule has 1 aromatic rings. The van der Waals surface area contributed by atoms with E-state index in [1.54, 1.807) is 0 Å². The maximum absolute atomic E-state index is 9.15. The van der Waals surface area contributed by atoms with Gasteiger partial charge in [0.1, 0.15) is 0 Å². The molecule has 2 bridgehead atoms. The topological polar surface area (TPSA) is 39.4 Å². The van der Waals surface area contributed by atoms with Gasteiger partial charge < -0.3 is 4.90 Å². The van der Waals surface area contributed by atoms with Gasteiger partial charge in [0.25, 0.3) is 0 Å². The third kappa shape index (κ3) is 2.49. The summed E-state index contributed by atoms with van der Waals surface area (Å²) >= 11 is 0. The number of nitriles is 1. The first-order valence-electron chi connectivity index (χ1n) is 10.6. The Morgan fingerprint density at radius 3 is 2.42 bits per heavy atom. The lowest BCUT2D eigenvalue weighted by molar-refractivity contribution is 0.0429. The van der Waals surface area contributed by atoms with Crippen molar-refractivity contribution in [2.45, 2.75) is 69.2 Å². The summed E-state index contributed by atoms with van der Waals surface area (Å²) in [4.78, 5) is 8.16. The van der Waals surface area contributed by atoms with Crippen LogP contribution in [0.15, 0.2) is 29.3 Å². The molecular weight excluding hydrogens is 318 g/mol. The quantitative estimate of drug-likeness (QED) is 0.726. The van der Waals surface area contributed by atoms with Crippen LogP contribution in [0, 0.1) is 23.2 Å². The zero-order valence-corrected chi connectivity index (χ0v) is 15.7. The van der Waals surface area contributed by atoms with Crippen molar-refractivity contribution in [1.29, 1.82) is 5.26 Å². The van der Waals surface area contributed by atoms with Crippen molar-refractivity contribution in [1.82, 2.24) is 4.90 Å². The van der Waals surface area contributed by atoms with Crippen molar-refractivity contribution in [3.63, 3.8) is 0 Å². The van der Waals surface area contributed by atoms with Gasteiger partial charge in [0, 0.05) is 25.4 Å². The number of likely N-dealkylation sites (tertiary alicyclic amines) is 1. The molecule has 1 aromatic carbocycles. The fourth-order valence-corrected chi connectivity index (χ4v) is 6.51. The standard InChI is InChI=1S/C23H29N3/c24-16-17-4-6-18(7-5-17)22-19-8-10-20(11-9-19)23(22)13-12-21(25-23)26-14-2-1-3-15-26/h4-7,19-20,22H,1-3,8-15H2. The average molecular weight is 348 g/mol. The van der Waals surface area contributed by atoms with E-state index < -0.39 is 0 Å². The molecule has 2 aliphatic heterocycles. The molecule has 3 saturated carbocycles. The Bertz CT molecular complexity index is 730. The molecule has 26 heavy (non-hydrogen) atoms. The summed E-state index contributed by atoms with van der Waals surface area (Å²) < 4.78 is 0. The van der Waals surface area contributed by atoms with Gasteiger partial charge in [0.05, 0.1) is 23.0 Å². The molecule has 5 aliphatic rings. The lowest BCUT2D eigenvalue weighted by Crippen LogP contribution is -2.51. The molecule has 4 fully saturated rings. The molecule has 0 radical (unpaired) electrons. The number of benzene rings is 1. The Morgan fingerprint density at radius 2 is 1.73 bits per heavy atom. The molecule has 6 rings (SSSR count). The van der Waals surface area contributed by atoms with E-state index in [0.29, 0.717) is 5.92 Å². The molecule has 3 heteroatoms. The minimum atomic E-state index is 0.141. The highest BCUT2D eigenvalue weighted by molar-refractivity contribution is 5.85. The summed E-state index contributed by atoms with van der Waals surface area (Å²) in [6.45, 7) is 2.43. The van der Waals surface area contributed by atoms with E-state index in [1.807, 2.05) is 12.1 Å². The monoisotopic (exact) mass is 347 g/mol. The van der Waals surface area contributed by atoms with Crippen LogP contribution in [0.2, 0.25) is 0 Å². The Hall–Kier alpha value is -1.82. The highest BCUT2D eigenvalue weighted by atomic mass is 15.2. The molecule has 3 nitrogen and oxygen atoms in total. The molecule has 0 amide bonds. The van der Waals surface area contributed by atoms with Crippen LogP contribution >= 0.6 is 0 Å². The van der Waals surface area contributed by atoms with Crippen molar-refractivity contribution < 1.29 is 0 Å². The largest absolute Gasteiger partial charge is 0.360 e. The minimum absolute atomic E-state index is 0.141. The SMILES string of the molecule is N#Cc1ccc(C2C3CCC(CC3)C23CCC(N2CCCCC2)=N3)cc1. The molecular formula is C23H29N3. The maximum atomic E-state index is 9.15. The summed E-state index contributed by atoms with van der Waals surface area (Å²) in [5, 5.41) is 9.15. The number of rotatable bonds is 1. The molecule has 3 aliphatic carbocycles. The Kier molecular flexibility index (Phi) is 4.03. The summed E-state index contributed by atoms with van der Waals surface area (Å²) in [6, 6.07) is 10.7. The van der Waals surface area contributed by atoms with Crippen LogP contribution in [0.4, 0.5) is 0 Å². The molecule has 2 atom stereocenters. The van der Waals surface area contributed by atoms with Gasteiger partial charge in [-0.3, -0.25) is 4.99 Å². The summed E-state index contributed by atoms with van der Waals surface area (Å²) in [5.74, 6) is 3.51. The summed E-state index contributed by atoms with van der Waals surface area (Å²) in [7, 11) is 0. The van der Waals surface area contributed by atoms with E-state index in [2.05, 4.69) is 23.1 Å². The first-order valence-corrected chi connectivity index (χ1v) is 10.6. The predicted molar refractivity (Wildman–Crippen MR) is 104 cm³/mol. The highest BCUT2D eigenvalue weighted by Crippen LogP contribution is 2.60. The van der Waals surface area contributed by atoms with Gasteiger partial charge in [-0.2, -0.15) is 5.26 Å². The van der Waals surface area contributed by atoms with Crippen LogP contribution < -0.4 is 0 Å². The molecule has 2 heterocycles. The zero-order chi connectivity index (χ0) is 17.6. The van der Waals surface area contributed by atoms with Crippen LogP contribution in [0.5, 0.6) is 0 Å². The van der Waals surface area contributed by atoms with Gasteiger partial charge in [-0.1, -0.05) is 12.1 Å². The third-order valence-corrected chi connectivity index (χ3v) is 7.70. The number of amidine groups is 1. The van der Waals surface area contributed by atoms with Crippen molar-refractivity contribution in [2.75, 3.05) is 13.1 Å². The second-order valence-electron chi connectivity index (χ2n) is 8.89. The van der Waals surface area contributed by atoms with E-state index in [-0.39, 0.29) is 5.54 Å². The third-order valence-electron chi connectivity index (χ3n) is 7.70. The van der Waals surface area contributed by atoms with Crippen LogP contribution in [0.1, 0.15) is 74.8 Å². The first kappa shape index (κ1) is 16.4. The van der Waals surface area contributed by atoms with Gasteiger partial charge >= 0.3 is 0 Å². The molecule has 136 valence electrons. The van der Waals surface area contributed by atoms with Crippen LogP contribution in [0.25, 0.3) is 0 Å². The summed E-state index contributed by atoms with van der Waals surface area (Å²) in [5.41, 5.74) is 2.34. The van der Waals surface area contributed by atoms with Crippen LogP contribution in [-0.4, -0.2) is 29.4 Å². The second-order valence-corrected chi connectivity index (χ2v) is 8.89. The highest BCUT2D eigenvalue weighted by Gasteiger charge is 2.56. The number of fused-ring (bicyclic) bond motifs is 2. The molecule has 0 N–H and O–H groups in total. The van der Waals surface area contributed by atoms with Crippen molar-refractivity contribution in [2.24, 2.45) is 16.8 Å². The normalized spacial score (nSPS) is 36.2. The van der Waals surface area contributed by atoms with E-state index in [0.717, 1.165) is 17.4 Å². The number of hydrogen-bond acceptors (Lipinski definition) is 3. The van der Waals surface area contributed by atoms with Gasteiger partial charge in [-0.15, -0.1) is 0 Å². The lowest BCUT2D eigenvalue weighted by Gasteiger charge is -2.54. The number of nitrogens with zero attached hydrogens (tertiary/aromatic N) is 3. The number of aliphatic imine (C=N–C) groups is 1. The van der Waals surface area contributed by atoms with Crippen LogP contribution in [0.3, 0.4) is 0 Å². The fourth-order valence-electron chi connectivity index (χ4n) is 6.51. The smallest absolute Gasteiger partial charge is 0.0997 e. The molecule has 0 aromatic heterocycles. The zero-order valence-electron chi connectivity index (χ0n) is 15.7. The summed E-state index contributed by atoms with van der Waals surface area (Å²) in [6.07, 6.45) is 11.9. The van der Waals surface area contributed by atoms with E-state index in [4.69, 9.17) is 10.3 Å². The van der Waals surface area contributed by atoms with Crippen LogP contribution in [-0.2, 0) is 0 Å². The Labute approximate surface area is 157 Å². The molecule has 1 saturated heterocycles. The lowest BCUT2D eigenvalue weighted by atomic mass is 9.52. The minimum Gasteiger partial charge on any atom is -0.360 e. The predicted octanol–water partition coefficient (Wildman–Crippen LogP) is 4.88.